The van der Waals surface area contributed by atoms with Gasteiger partial charge in [0.05, 0.1) is 24.3 Å². The summed E-state index contributed by atoms with van der Waals surface area (Å²) in [4.78, 5) is 27.5. The molecule has 1 saturated heterocycles. The lowest BCUT2D eigenvalue weighted by atomic mass is 10.1. The van der Waals surface area contributed by atoms with E-state index >= 15 is 0 Å². The molecule has 0 spiro atoms. The van der Waals surface area contributed by atoms with Crippen LogP contribution in [0.4, 0.5) is 5.69 Å². The Morgan fingerprint density at radius 2 is 2.00 bits per heavy atom. The van der Waals surface area contributed by atoms with Crippen LogP contribution in [0.3, 0.4) is 0 Å². The van der Waals surface area contributed by atoms with Gasteiger partial charge in [-0.05, 0) is 44.1 Å². The zero-order chi connectivity index (χ0) is 15.5. The summed E-state index contributed by atoms with van der Waals surface area (Å²) in [6.45, 7) is 3.91. The Morgan fingerprint density at radius 1 is 1.23 bits per heavy atom. The van der Waals surface area contributed by atoms with Crippen LogP contribution in [0.5, 0.6) is 5.75 Å². The van der Waals surface area contributed by atoms with Gasteiger partial charge in [-0.15, -0.1) is 0 Å². The SMILES string of the molecule is O=C(O)c1ccc2c(c1)OCCC(=O)N2CCN1CCCC1. The van der Waals surface area contributed by atoms with E-state index in [1.54, 1.807) is 11.0 Å². The molecule has 0 saturated carbocycles. The minimum absolute atomic E-state index is 0.0287. The van der Waals surface area contributed by atoms with Crippen LogP contribution in [-0.4, -0.2) is 54.7 Å². The number of carboxylic acids is 1. The topological polar surface area (TPSA) is 70.1 Å². The molecule has 0 aliphatic carbocycles. The molecular formula is C16H20N2O4. The second kappa shape index (κ2) is 6.36. The summed E-state index contributed by atoms with van der Waals surface area (Å²) < 4.78 is 5.57. The fraction of sp³-hybridized carbons (Fsp3) is 0.500. The number of nitrogens with zero attached hydrogens (tertiary/aromatic N) is 2. The molecule has 0 aromatic heterocycles. The number of carboxylic acid groups (broad SMARTS) is 1. The lowest BCUT2D eigenvalue weighted by molar-refractivity contribution is -0.118. The Balaban J connectivity index is 1.81. The molecule has 6 heteroatoms. The summed E-state index contributed by atoms with van der Waals surface area (Å²) >= 11 is 0. The quantitative estimate of drug-likeness (QED) is 0.915. The molecule has 3 rings (SSSR count). The van der Waals surface area contributed by atoms with Crippen molar-refractivity contribution in [2.75, 3.05) is 37.7 Å². The first-order valence-corrected chi connectivity index (χ1v) is 7.68. The molecular weight excluding hydrogens is 284 g/mol. The van der Waals surface area contributed by atoms with Gasteiger partial charge in [-0.1, -0.05) is 0 Å². The molecule has 2 aliphatic heterocycles. The van der Waals surface area contributed by atoms with Gasteiger partial charge < -0.3 is 19.6 Å². The number of rotatable bonds is 4. The molecule has 0 bridgehead atoms. The summed E-state index contributed by atoms with van der Waals surface area (Å²) in [6.07, 6.45) is 2.75. The number of aromatic carboxylic acids is 1. The van der Waals surface area contributed by atoms with Crippen LogP contribution in [0, 0.1) is 0 Å². The summed E-state index contributed by atoms with van der Waals surface area (Å²) in [6, 6.07) is 4.69. The number of benzene rings is 1. The van der Waals surface area contributed by atoms with E-state index < -0.39 is 5.97 Å². The third kappa shape index (κ3) is 3.06. The van der Waals surface area contributed by atoms with Crippen molar-refractivity contribution < 1.29 is 19.4 Å². The molecule has 1 N–H and O–H groups in total. The molecule has 22 heavy (non-hydrogen) atoms. The Labute approximate surface area is 129 Å². The van der Waals surface area contributed by atoms with Crippen molar-refractivity contribution in [2.24, 2.45) is 0 Å². The number of hydrogen-bond acceptors (Lipinski definition) is 4. The van der Waals surface area contributed by atoms with E-state index in [4.69, 9.17) is 9.84 Å². The smallest absolute Gasteiger partial charge is 0.335 e. The van der Waals surface area contributed by atoms with Crippen molar-refractivity contribution in [2.45, 2.75) is 19.3 Å². The van der Waals surface area contributed by atoms with Crippen molar-refractivity contribution in [1.29, 1.82) is 0 Å². The van der Waals surface area contributed by atoms with E-state index in [0.29, 0.717) is 24.4 Å². The van der Waals surface area contributed by atoms with Crippen LogP contribution in [0.1, 0.15) is 29.6 Å². The Morgan fingerprint density at radius 3 is 2.73 bits per heavy atom. The maximum absolute atomic E-state index is 12.3. The van der Waals surface area contributed by atoms with Crippen molar-refractivity contribution >= 4 is 17.6 Å². The van der Waals surface area contributed by atoms with Crippen LogP contribution in [-0.2, 0) is 4.79 Å². The van der Waals surface area contributed by atoms with Gasteiger partial charge in [-0.3, -0.25) is 4.79 Å². The standard InChI is InChI=1S/C16H20N2O4/c19-15-5-10-22-14-11-12(16(20)21)3-4-13(14)18(15)9-8-17-6-1-2-7-17/h3-4,11H,1-2,5-10H2,(H,20,21). The van der Waals surface area contributed by atoms with Gasteiger partial charge in [0.25, 0.3) is 0 Å². The minimum atomic E-state index is -0.995. The first-order chi connectivity index (χ1) is 10.6. The van der Waals surface area contributed by atoms with Crippen LogP contribution in [0.2, 0.25) is 0 Å². The average molecular weight is 304 g/mol. The highest BCUT2D eigenvalue weighted by molar-refractivity contribution is 5.97. The molecule has 2 aliphatic rings. The second-order valence-electron chi connectivity index (χ2n) is 5.68. The fourth-order valence-corrected chi connectivity index (χ4v) is 3.00. The normalized spacial score (nSPS) is 18.7. The van der Waals surface area contributed by atoms with Gasteiger partial charge in [-0.25, -0.2) is 4.79 Å². The first kappa shape index (κ1) is 14.8. The molecule has 1 aromatic carbocycles. The summed E-state index contributed by atoms with van der Waals surface area (Å²) in [5.41, 5.74) is 0.847. The summed E-state index contributed by atoms with van der Waals surface area (Å²) in [5, 5.41) is 9.08. The number of fused-ring (bicyclic) bond motifs is 1. The van der Waals surface area contributed by atoms with Crippen LogP contribution in [0.15, 0.2) is 18.2 Å². The number of amides is 1. The van der Waals surface area contributed by atoms with Gasteiger partial charge in [0.2, 0.25) is 5.91 Å². The molecule has 6 nitrogen and oxygen atoms in total. The molecule has 1 fully saturated rings. The lowest BCUT2D eigenvalue weighted by Crippen LogP contribution is -2.37. The van der Waals surface area contributed by atoms with Crippen LogP contribution >= 0.6 is 0 Å². The molecule has 0 atom stereocenters. The predicted octanol–water partition coefficient (Wildman–Crippen LogP) is 1.60. The predicted molar refractivity (Wildman–Crippen MR) is 81.5 cm³/mol. The van der Waals surface area contributed by atoms with Crippen LogP contribution in [0.25, 0.3) is 0 Å². The van der Waals surface area contributed by atoms with Crippen molar-refractivity contribution in [1.82, 2.24) is 4.90 Å². The minimum Gasteiger partial charge on any atom is -0.491 e. The Bertz CT molecular complexity index is 582. The molecule has 2 heterocycles. The van der Waals surface area contributed by atoms with Gasteiger partial charge >= 0.3 is 5.97 Å². The largest absolute Gasteiger partial charge is 0.491 e. The van der Waals surface area contributed by atoms with E-state index in [1.807, 2.05) is 0 Å². The number of ether oxygens (including phenoxy) is 1. The van der Waals surface area contributed by atoms with E-state index in [-0.39, 0.29) is 18.1 Å². The molecule has 118 valence electrons. The molecule has 1 aromatic rings. The third-order valence-corrected chi connectivity index (χ3v) is 4.21. The van der Waals surface area contributed by atoms with Crippen molar-refractivity contribution in [3.8, 4) is 5.75 Å². The highest BCUT2D eigenvalue weighted by atomic mass is 16.5. The third-order valence-electron chi connectivity index (χ3n) is 4.21. The zero-order valence-corrected chi connectivity index (χ0v) is 12.5. The van der Waals surface area contributed by atoms with E-state index in [0.717, 1.165) is 19.6 Å². The summed E-state index contributed by atoms with van der Waals surface area (Å²) in [5.74, 6) is -0.487. The van der Waals surface area contributed by atoms with Gasteiger partial charge in [0, 0.05) is 13.1 Å². The Hall–Kier alpha value is -2.08. The van der Waals surface area contributed by atoms with E-state index in [2.05, 4.69) is 4.90 Å². The number of anilines is 1. The number of carbonyl (C=O) groups excluding carboxylic acids is 1. The molecule has 0 unspecified atom stereocenters. The number of hydrogen-bond donors (Lipinski definition) is 1. The van der Waals surface area contributed by atoms with E-state index in [1.165, 1.54) is 25.0 Å². The lowest BCUT2D eigenvalue weighted by Gasteiger charge is -2.25. The fourth-order valence-electron chi connectivity index (χ4n) is 3.00. The van der Waals surface area contributed by atoms with Gasteiger partial charge in [-0.2, -0.15) is 0 Å². The highest BCUT2D eigenvalue weighted by Crippen LogP contribution is 2.32. The zero-order valence-electron chi connectivity index (χ0n) is 12.5. The van der Waals surface area contributed by atoms with Crippen molar-refractivity contribution in [3.05, 3.63) is 23.8 Å². The molecule has 1 amide bonds. The van der Waals surface area contributed by atoms with Gasteiger partial charge in [0.1, 0.15) is 5.75 Å². The second-order valence-corrected chi connectivity index (χ2v) is 5.68. The monoisotopic (exact) mass is 304 g/mol. The van der Waals surface area contributed by atoms with Crippen LogP contribution < -0.4 is 9.64 Å². The first-order valence-electron chi connectivity index (χ1n) is 7.68. The molecule has 0 radical (unpaired) electrons. The maximum Gasteiger partial charge on any atom is 0.335 e. The van der Waals surface area contributed by atoms with Gasteiger partial charge in [0.15, 0.2) is 0 Å². The number of carbonyl (C=O) groups is 2. The number of likely N-dealkylation sites (tertiary alicyclic amines) is 1. The summed E-state index contributed by atoms with van der Waals surface area (Å²) in [7, 11) is 0. The average Bonchev–Trinajstić information content (AvgIpc) is 2.96. The Kier molecular flexibility index (Phi) is 4.29. The highest BCUT2D eigenvalue weighted by Gasteiger charge is 2.25. The maximum atomic E-state index is 12.3. The van der Waals surface area contributed by atoms with E-state index in [9.17, 15) is 9.59 Å². The van der Waals surface area contributed by atoms with Crippen molar-refractivity contribution in [3.63, 3.8) is 0 Å².